The number of methoxy groups -OCH3 is 1. The molecule has 2 rings (SSSR count). The van der Waals surface area contributed by atoms with Gasteiger partial charge in [-0.1, -0.05) is 6.92 Å². The van der Waals surface area contributed by atoms with E-state index in [2.05, 4.69) is 20.3 Å². The molecular formula is C17H17N3O5S. The molecule has 1 saturated heterocycles. The van der Waals surface area contributed by atoms with E-state index >= 15 is 0 Å². The summed E-state index contributed by atoms with van der Waals surface area (Å²) >= 11 is 0.990. The molecule has 1 aliphatic heterocycles. The number of carbonyl (C=O) groups excluding carboxylic acids is 3. The summed E-state index contributed by atoms with van der Waals surface area (Å²) in [7, 11) is 1.23. The van der Waals surface area contributed by atoms with Gasteiger partial charge in [-0.05, 0) is 48.0 Å². The van der Waals surface area contributed by atoms with Gasteiger partial charge in [0.15, 0.2) is 5.17 Å². The van der Waals surface area contributed by atoms with Gasteiger partial charge in [0.1, 0.15) is 5.75 Å². The number of rotatable bonds is 6. The zero-order valence-electron chi connectivity index (χ0n) is 14.2. The molecule has 0 aliphatic carbocycles. The van der Waals surface area contributed by atoms with Gasteiger partial charge in [-0.15, -0.1) is 5.10 Å². The van der Waals surface area contributed by atoms with Crippen molar-refractivity contribution < 1.29 is 23.9 Å². The number of nitrogens with zero attached hydrogens (tertiary/aromatic N) is 2. The summed E-state index contributed by atoms with van der Waals surface area (Å²) in [5.41, 5.74) is 0.740. The van der Waals surface area contributed by atoms with E-state index in [0.29, 0.717) is 12.2 Å². The van der Waals surface area contributed by atoms with Crippen molar-refractivity contribution >= 4 is 41.0 Å². The third kappa shape index (κ3) is 5.85. The van der Waals surface area contributed by atoms with Gasteiger partial charge < -0.3 is 9.47 Å². The van der Waals surface area contributed by atoms with E-state index in [1.54, 1.807) is 24.3 Å². The number of carbonyl (C=O) groups is 3. The lowest BCUT2D eigenvalue weighted by Crippen LogP contribution is -2.19. The van der Waals surface area contributed by atoms with E-state index in [1.165, 1.54) is 13.3 Å². The smallest absolute Gasteiger partial charge is 0.331 e. The van der Waals surface area contributed by atoms with Crippen molar-refractivity contribution in [2.75, 3.05) is 7.11 Å². The molecule has 1 amide bonds. The summed E-state index contributed by atoms with van der Waals surface area (Å²) in [6.07, 6.45) is 3.68. The van der Waals surface area contributed by atoms with Crippen molar-refractivity contribution in [3.63, 3.8) is 0 Å². The highest BCUT2D eigenvalue weighted by molar-refractivity contribution is 8.18. The summed E-state index contributed by atoms with van der Waals surface area (Å²) in [5, 5.41) is 10.5. The van der Waals surface area contributed by atoms with Crippen molar-refractivity contribution in [3.8, 4) is 5.75 Å². The standard InChI is InChI=1S/C17H17N3O5S/c1-3-4-14(21)25-12-7-5-11(6-8-12)10-18-20-17-19-16(23)13(26-17)9-15(22)24-2/h5-10H,3-4H2,1-2H3,(H,19,20,23)/b13-9+,18-10?. The van der Waals surface area contributed by atoms with Crippen LogP contribution in [-0.4, -0.2) is 36.3 Å². The minimum Gasteiger partial charge on any atom is -0.466 e. The SMILES string of the molecule is CCCC(=O)Oc1ccc(C=N/N=C2/NC(=O)/C(=C\C(=O)OC)S2)cc1. The molecule has 1 aromatic carbocycles. The van der Waals surface area contributed by atoms with Crippen LogP contribution < -0.4 is 10.1 Å². The van der Waals surface area contributed by atoms with Crippen molar-refractivity contribution in [2.24, 2.45) is 10.2 Å². The molecule has 9 heteroatoms. The number of benzene rings is 1. The Morgan fingerprint density at radius 2 is 2.00 bits per heavy atom. The molecule has 1 N–H and O–H groups in total. The average molecular weight is 375 g/mol. The Labute approximate surface area is 154 Å². The van der Waals surface area contributed by atoms with Gasteiger partial charge in [-0.2, -0.15) is 5.10 Å². The van der Waals surface area contributed by atoms with Gasteiger partial charge in [-0.25, -0.2) is 4.79 Å². The predicted molar refractivity (Wildman–Crippen MR) is 97.8 cm³/mol. The molecule has 0 atom stereocenters. The average Bonchev–Trinajstić information content (AvgIpc) is 2.96. The van der Waals surface area contributed by atoms with Gasteiger partial charge in [0.25, 0.3) is 5.91 Å². The summed E-state index contributed by atoms with van der Waals surface area (Å²) in [6.45, 7) is 1.90. The first-order valence-corrected chi connectivity index (χ1v) is 8.54. The van der Waals surface area contributed by atoms with Crippen LogP contribution in [0, 0.1) is 0 Å². The number of thioether (sulfide) groups is 1. The van der Waals surface area contributed by atoms with Crippen LogP contribution in [0.4, 0.5) is 0 Å². The number of hydrogen-bond acceptors (Lipinski definition) is 8. The second-order valence-corrected chi connectivity index (χ2v) is 6.06. The summed E-state index contributed by atoms with van der Waals surface area (Å²) in [5.74, 6) is -0.868. The van der Waals surface area contributed by atoms with Crippen molar-refractivity contribution in [3.05, 3.63) is 40.8 Å². The van der Waals surface area contributed by atoms with Crippen LogP contribution in [0.2, 0.25) is 0 Å². The Hall–Kier alpha value is -2.94. The third-order valence-corrected chi connectivity index (χ3v) is 3.92. The summed E-state index contributed by atoms with van der Waals surface area (Å²) < 4.78 is 9.63. The van der Waals surface area contributed by atoms with E-state index in [0.717, 1.165) is 29.8 Å². The van der Waals surface area contributed by atoms with Gasteiger partial charge in [-0.3, -0.25) is 14.9 Å². The topological polar surface area (TPSA) is 106 Å². The Morgan fingerprint density at radius 1 is 1.27 bits per heavy atom. The van der Waals surface area contributed by atoms with E-state index in [9.17, 15) is 14.4 Å². The lowest BCUT2D eigenvalue weighted by Gasteiger charge is -2.02. The number of esters is 2. The maximum atomic E-state index is 11.7. The molecule has 1 fully saturated rings. The molecule has 0 unspecified atom stereocenters. The first-order valence-electron chi connectivity index (χ1n) is 7.72. The first kappa shape index (κ1) is 19.4. The van der Waals surface area contributed by atoms with Crippen LogP contribution >= 0.6 is 11.8 Å². The fraction of sp³-hybridized carbons (Fsp3) is 0.235. The van der Waals surface area contributed by atoms with Crippen LogP contribution in [0.15, 0.2) is 45.4 Å². The Kier molecular flexibility index (Phi) is 7.10. The lowest BCUT2D eigenvalue weighted by molar-refractivity contribution is -0.135. The summed E-state index contributed by atoms with van der Waals surface area (Å²) in [4.78, 5) is 34.4. The largest absolute Gasteiger partial charge is 0.466 e. The number of ether oxygens (including phenoxy) is 2. The van der Waals surface area contributed by atoms with Gasteiger partial charge >= 0.3 is 11.9 Å². The van der Waals surface area contributed by atoms with Crippen molar-refractivity contribution in [1.82, 2.24) is 5.32 Å². The second kappa shape index (κ2) is 9.52. The maximum absolute atomic E-state index is 11.7. The molecule has 136 valence electrons. The highest BCUT2D eigenvalue weighted by Gasteiger charge is 2.24. The van der Waals surface area contributed by atoms with Crippen LogP contribution in [0.1, 0.15) is 25.3 Å². The van der Waals surface area contributed by atoms with Gasteiger partial charge in [0.2, 0.25) is 0 Å². The fourth-order valence-electron chi connectivity index (χ4n) is 1.80. The highest BCUT2D eigenvalue weighted by atomic mass is 32.2. The Bertz CT molecular complexity index is 784. The Balaban J connectivity index is 1.95. The normalized spacial score (nSPS) is 16.9. The molecule has 0 bridgehead atoms. The van der Waals surface area contributed by atoms with Gasteiger partial charge in [0, 0.05) is 12.5 Å². The number of hydrogen-bond donors (Lipinski definition) is 1. The Morgan fingerprint density at radius 3 is 2.65 bits per heavy atom. The van der Waals surface area contributed by atoms with E-state index in [-0.39, 0.29) is 16.0 Å². The molecule has 0 aromatic heterocycles. The minimum absolute atomic E-state index is 0.184. The van der Waals surface area contributed by atoms with Crippen molar-refractivity contribution in [1.29, 1.82) is 0 Å². The number of amidine groups is 1. The molecule has 1 aromatic rings. The van der Waals surface area contributed by atoms with Crippen LogP contribution in [0.3, 0.4) is 0 Å². The number of nitrogens with one attached hydrogen (secondary N) is 1. The molecule has 8 nitrogen and oxygen atoms in total. The molecule has 0 saturated carbocycles. The van der Waals surface area contributed by atoms with Crippen LogP contribution in [0.25, 0.3) is 0 Å². The zero-order valence-corrected chi connectivity index (χ0v) is 15.0. The van der Waals surface area contributed by atoms with E-state index < -0.39 is 11.9 Å². The summed E-state index contributed by atoms with van der Waals surface area (Å²) in [6, 6.07) is 6.76. The third-order valence-electron chi connectivity index (χ3n) is 3.02. The molecule has 0 spiro atoms. The highest BCUT2D eigenvalue weighted by Crippen LogP contribution is 2.23. The number of amides is 1. The zero-order chi connectivity index (χ0) is 18.9. The van der Waals surface area contributed by atoms with Gasteiger partial charge in [0.05, 0.1) is 18.2 Å². The fourth-order valence-corrected chi connectivity index (χ4v) is 2.54. The second-order valence-electron chi connectivity index (χ2n) is 5.03. The molecule has 0 radical (unpaired) electrons. The monoisotopic (exact) mass is 375 g/mol. The van der Waals surface area contributed by atoms with E-state index in [4.69, 9.17) is 4.74 Å². The molecule has 26 heavy (non-hydrogen) atoms. The lowest BCUT2D eigenvalue weighted by atomic mass is 10.2. The molecular weight excluding hydrogens is 358 g/mol. The maximum Gasteiger partial charge on any atom is 0.331 e. The predicted octanol–water partition coefficient (Wildman–Crippen LogP) is 2.00. The van der Waals surface area contributed by atoms with Crippen LogP contribution in [0.5, 0.6) is 5.75 Å². The minimum atomic E-state index is -0.618. The molecule has 1 aliphatic rings. The quantitative estimate of drug-likeness (QED) is 0.268. The van der Waals surface area contributed by atoms with Crippen molar-refractivity contribution in [2.45, 2.75) is 19.8 Å². The van der Waals surface area contributed by atoms with Crippen LogP contribution in [-0.2, 0) is 19.1 Å². The van der Waals surface area contributed by atoms with E-state index in [1.807, 2.05) is 6.92 Å². The molecule has 1 heterocycles. The first-order chi connectivity index (χ1) is 12.5.